The maximum absolute atomic E-state index is 3.28. The first kappa shape index (κ1) is 6.71. The Labute approximate surface area is 67.5 Å². The lowest BCUT2D eigenvalue weighted by Gasteiger charge is -2.20. The number of nitrogens with one attached hydrogen (secondary N) is 1. The minimum atomic E-state index is 0.704. The molecule has 0 radical (unpaired) electrons. The van der Waals surface area contributed by atoms with E-state index in [4.69, 9.17) is 0 Å². The number of hydrogen-bond donors (Lipinski definition) is 1. The third kappa shape index (κ3) is 1.37. The van der Waals surface area contributed by atoms with Crippen LogP contribution in [0.15, 0.2) is 36.6 Å². The number of allylic oxidation sites excluding steroid dienone is 4. The van der Waals surface area contributed by atoms with Gasteiger partial charge in [-0.15, -0.1) is 0 Å². The zero-order valence-corrected chi connectivity index (χ0v) is 6.53. The van der Waals surface area contributed by atoms with Crippen molar-refractivity contribution in [3.63, 3.8) is 0 Å². The summed E-state index contributed by atoms with van der Waals surface area (Å²) >= 11 is 0. The van der Waals surface area contributed by atoms with E-state index >= 15 is 0 Å². The van der Waals surface area contributed by atoms with Crippen molar-refractivity contribution in [3.05, 3.63) is 36.6 Å². The second-order valence-electron chi connectivity index (χ2n) is 3.14. The molecule has 0 aromatic carbocycles. The summed E-state index contributed by atoms with van der Waals surface area (Å²) in [4.78, 5) is 0. The Morgan fingerprint density at radius 1 is 1.09 bits per heavy atom. The van der Waals surface area contributed by atoms with Crippen LogP contribution in [0.4, 0.5) is 0 Å². The van der Waals surface area contributed by atoms with E-state index in [0.29, 0.717) is 5.92 Å². The molecule has 2 unspecified atom stereocenters. The molecule has 1 heterocycles. The summed E-state index contributed by atoms with van der Waals surface area (Å²) in [5, 5.41) is 3.28. The molecule has 0 spiro atoms. The fourth-order valence-corrected chi connectivity index (χ4v) is 1.68. The molecule has 2 aliphatic rings. The highest BCUT2D eigenvalue weighted by Crippen LogP contribution is 2.23. The lowest BCUT2D eigenvalue weighted by atomic mass is 9.87. The Bertz CT molecular complexity index is 213. The molecule has 0 aromatic rings. The molecular formula is C10H13N. The van der Waals surface area contributed by atoms with Gasteiger partial charge in [0.05, 0.1) is 0 Å². The summed E-state index contributed by atoms with van der Waals surface area (Å²) in [5.74, 6) is 1.43. The molecular weight excluding hydrogens is 134 g/mol. The molecule has 0 fully saturated rings. The number of rotatable bonds is 0. The van der Waals surface area contributed by atoms with E-state index < -0.39 is 0 Å². The van der Waals surface area contributed by atoms with Crippen molar-refractivity contribution in [1.29, 1.82) is 0 Å². The van der Waals surface area contributed by atoms with Crippen LogP contribution in [0.2, 0.25) is 0 Å². The molecule has 1 nitrogen and oxygen atoms in total. The molecule has 58 valence electrons. The van der Waals surface area contributed by atoms with Crippen LogP contribution in [0, 0.1) is 11.8 Å². The van der Waals surface area contributed by atoms with Gasteiger partial charge in [0.1, 0.15) is 0 Å². The van der Waals surface area contributed by atoms with E-state index in [2.05, 4.69) is 41.9 Å². The molecule has 0 aromatic heterocycles. The first-order valence-corrected chi connectivity index (χ1v) is 4.20. The highest BCUT2D eigenvalue weighted by molar-refractivity contribution is 5.16. The van der Waals surface area contributed by atoms with Crippen molar-refractivity contribution in [2.45, 2.75) is 6.42 Å². The van der Waals surface area contributed by atoms with E-state index in [0.717, 1.165) is 12.5 Å². The van der Waals surface area contributed by atoms with Crippen LogP contribution in [-0.4, -0.2) is 6.54 Å². The summed E-state index contributed by atoms with van der Waals surface area (Å²) in [6.45, 7) is 1.09. The molecule has 0 amide bonds. The van der Waals surface area contributed by atoms with Gasteiger partial charge in [-0.25, -0.2) is 0 Å². The van der Waals surface area contributed by atoms with Gasteiger partial charge in [-0.1, -0.05) is 30.4 Å². The zero-order chi connectivity index (χ0) is 7.52. The molecule has 1 N–H and O–H groups in total. The Morgan fingerprint density at radius 2 is 1.91 bits per heavy atom. The van der Waals surface area contributed by atoms with Gasteiger partial charge in [0.15, 0.2) is 0 Å². The predicted octanol–water partition coefficient (Wildman–Crippen LogP) is 1.85. The Kier molecular flexibility index (Phi) is 1.80. The minimum absolute atomic E-state index is 0.704. The lowest BCUT2D eigenvalue weighted by Crippen LogP contribution is -2.21. The van der Waals surface area contributed by atoms with E-state index in [1.807, 2.05) is 0 Å². The Balaban J connectivity index is 2.13. The Morgan fingerprint density at radius 3 is 2.82 bits per heavy atom. The number of fused-ring (bicyclic) bond motifs is 1. The molecule has 0 saturated heterocycles. The van der Waals surface area contributed by atoms with Crippen LogP contribution < -0.4 is 5.32 Å². The molecule has 0 bridgehead atoms. The molecule has 0 saturated carbocycles. The van der Waals surface area contributed by atoms with Gasteiger partial charge in [0.2, 0.25) is 0 Å². The van der Waals surface area contributed by atoms with Gasteiger partial charge < -0.3 is 5.32 Å². The van der Waals surface area contributed by atoms with Gasteiger partial charge in [-0.3, -0.25) is 0 Å². The van der Waals surface area contributed by atoms with E-state index in [1.165, 1.54) is 6.42 Å². The highest BCUT2D eigenvalue weighted by Gasteiger charge is 2.17. The predicted molar refractivity (Wildman–Crippen MR) is 47.0 cm³/mol. The quantitative estimate of drug-likeness (QED) is 0.551. The Hall–Kier alpha value is -0.980. The normalized spacial score (nSPS) is 34.2. The summed E-state index contributed by atoms with van der Waals surface area (Å²) in [6.07, 6.45) is 14.4. The zero-order valence-electron chi connectivity index (χ0n) is 6.53. The van der Waals surface area contributed by atoms with Gasteiger partial charge in [0.25, 0.3) is 0 Å². The van der Waals surface area contributed by atoms with Crippen LogP contribution in [0.5, 0.6) is 0 Å². The van der Waals surface area contributed by atoms with Crippen LogP contribution in [0.25, 0.3) is 0 Å². The van der Waals surface area contributed by atoms with Gasteiger partial charge in [-0.05, 0) is 18.5 Å². The van der Waals surface area contributed by atoms with Crippen molar-refractivity contribution < 1.29 is 0 Å². The highest BCUT2D eigenvalue weighted by atomic mass is 14.8. The minimum Gasteiger partial charge on any atom is -0.391 e. The topological polar surface area (TPSA) is 12.0 Å². The standard InChI is InChI=1S/C10H13N/c1-2-5-10-8-11-7-3-6-9(10)4-1/h1-5,7,9-11H,6,8H2. The third-order valence-corrected chi connectivity index (χ3v) is 2.38. The number of hydrogen-bond acceptors (Lipinski definition) is 1. The van der Waals surface area contributed by atoms with Gasteiger partial charge >= 0.3 is 0 Å². The average Bonchev–Trinajstić information content (AvgIpc) is 2.28. The fraction of sp³-hybridized carbons (Fsp3) is 0.400. The maximum atomic E-state index is 3.28. The third-order valence-electron chi connectivity index (χ3n) is 2.38. The summed E-state index contributed by atoms with van der Waals surface area (Å²) < 4.78 is 0. The molecule has 2 atom stereocenters. The SMILES string of the molecule is C1=CC2CC=CNCC2C=C1. The van der Waals surface area contributed by atoms with Crippen molar-refractivity contribution >= 4 is 0 Å². The van der Waals surface area contributed by atoms with E-state index in [9.17, 15) is 0 Å². The lowest BCUT2D eigenvalue weighted by molar-refractivity contribution is 0.475. The molecule has 1 aliphatic carbocycles. The van der Waals surface area contributed by atoms with Crippen LogP contribution >= 0.6 is 0 Å². The molecule has 1 aliphatic heterocycles. The molecule has 1 heteroatoms. The van der Waals surface area contributed by atoms with E-state index in [-0.39, 0.29) is 0 Å². The summed E-state index contributed by atoms with van der Waals surface area (Å²) in [7, 11) is 0. The fourth-order valence-electron chi connectivity index (χ4n) is 1.68. The van der Waals surface area contributed by atoms with Crippen LogP contribution in [0.3, 0.4) is 0 Å². The molecule has 2 rings (SSSR count). The van der Waals surface area contributed by atoms with Crippen LogP contribution in [-0.2, 0) is 0 Å². The smallest absolute Gasteiger partial charge is 0.0210 e. The van der Waals surface area contributed by atoms with Gasteiger partial charge in [-0.2, -0.15) is 0 Å². The molecule has 11 heavy (non-hydrogen) atoms. The van der Waals surface area contributed by atoms with Crippen molar-refractivity contribution in [2.75, 3.05) is 6.54 Å². The van der Waals surface area contributed by atoms with Crippen molar-refractivity contribution in [3.8, 4) is 0 Å². The first-order chi connectivity index (χ1) is 5.47. The first-order valence-electron chi connectivity index (χ1n) is 4.20. The van der Waals surface area contributed by atoms with Gasteiger partial charge in [0, 0.05) is 12.5 Å². The maximum Gasteiger partial charge on any atom is 0.0210 e. The largest absolute Gasteiger partial charge is 0.391 e. The summed E-state index contributed by atoms with van der Waals surface area (Å²) in [5.41, 5.74) is 0. The monoisotopic (exact) mass is 147 g/mol. The summed E-state index contributed by atoms with van der Waals surface area (Å²) in [6, 6.07) is 0. The van der Waals surface area contributed by atoms with E-state index in [1.54, 1.807) is 0 Å². The van der Waals surface area contributed by atoms with Crippen molar-refractivity contribution in [1.82, 2.24) is 5.32 Å². The van der Waals surface area contributed by atoms with Crippen LogP contribution in [0.1, 0.15) is 6.42 Å². The second kappa shape index (κ2) is 2.95. The average molecular weight is 147 g/mol. The second-order valence-corrected chi connectivity index (χ2v) is 3.14. The van der Waals surface area contributed by atoms with Crippen molar-refractivity contribution in [2.24, 2.45) is 11.8 Å².